The van der Waals surface area contributed by atoms with Gasteiger partial charge in [-0.2, -0.15) is 5.26 Å². The van der Waals surface area contributed by atoms with Crippen LogP contribution in [0.4, 0.5) is 5.69 Å². The lowest BCUT2D eigenvalue weighted by Gasteiger charge is -2.20. The molecule has 2 N–H and O–H groups in total. The van der Waals surface area contributed by atoms with Gasteiger partial charge in [-0.05, 0) is 25.1 Å². The Morgan fingerprint density at radius 1 is 1.59 bits per heavy atom. The maximum absolute atomic E-state index is 12.1. The summed E-state index contributed by atoms with van der Waals surface area (Å²) in [4.78, 5) is 13.7. The van der Waals surface area contributed by atoms with Gasteiger partial charge in [0.25, 0.3) is 5.91 Å². The molecule has 1 amide bonds. The normalized spacial score (nSPS) is 9.71. The van der Waals surface area contributed by atoms with E-state index in [9.17, 15) is 4.79 Å². The number of amides is 1. The zero-order valence-electron chi connectivity index (χ0n) is 9.61. The van der Waals surface area contributed by atoms with Crippen molar-refractivity contribution in [1.82, 2.24) is 4.90 Å². The molecule has 0 atom stereocenters. The fourth-order valence-corrected chi connectivity index (χ4v) is 1.64. The summed E-state index contributed by atoms with van der Waals surface area (Å²) in [5.74, 6) is -0.192. The molecular formula is C12H14ClN3O. The van der Waals surface area contributed by atoms with Gasteiger partial charge in [-0.3, -0.25) is 4.79 Å². The highest BCUT2D eigenvalue weighted by atomic mass is 35.5. The van der Waals surface area contributed by atoms with Crippen LogP contribution in [0.15, 0.2) is 18.2 Å². The van der Waals surface area contributed by atoms with E-state index in [1.54, 1.807) is 23.1 Å². The molecule has 0 fully saturated rings. The summed E-state index contributed by atoms with van der Waals surface area (Å²) in [5, 5.41) is 9.00. The van der Waals surface area contributed by atoms with E-state index in [0.717, 1.165) is 0 Å². The molecule has 1 rings (SSSR count). The number of benzene rings is 1. The van der Waals surface area contributed by atoms with Gasteiger partial charge in [-0.25, -0.2) is 0 Å². The first kappa shape index (κ1) is 13.3. The van der Waals surface area contributed by atoms with Gasteiger partial charge >= 0.3 is 0 Å². The van der Waals surface area contributed by atoms with Crippen molar-refractivity contribution in [2.24, 2.45) is 0 Å². The van der Waals surface area contributed by atoms with Crippen LogP contribution in [0.5, 0.6) is 0 Å². The lowest BCUT2D eigenvalue weighted by atomic mass is 10.1. The molecule has 0 bridgehead atoms. The van der Waals surface area contributed by atoms with E-state index in [0.29, 0.717) is 35.8 Å². The third kappa shape index (κ3) is 3.36. The molecule has 5 heteroatoms. The van der Waals surface area contributed by atoms with Gasteiger partial charge in [0.1, 0.15) is 0 Å². The molecule has 0 aromatic heterocycles. The van der Waals surface area contributed by atoms with Gasteiger partial charge in [0.15, 0.2) is 0 Å². The van der Waals surface area contributed by atoms with Crippen molar-refractivity contribution in [1.29, 1.82) is 5.26 Å². The molecular weight excluding hydrogens is 238 g/mol. The molecule has 4 nitrogen and oxygen atoms in total. The first-order valence-corrected chi connectivity index (χ1v) is 5.69. The molecule has 0 heterocycles. The second-order valence-corrected chi connectivity index (χ2v) is 3.96. The third-order valence-electron chi connectivity index (χ3n) is 2.41. The zero-order chi connectivity index (χ0) is 12.8. The van der Waals surface area contributed by atoms with E-state index >= 15 is 0 Å². The minimum atomic E-state index is -0.192. The van der Waals surface area contributed by atoms with Crippen molar-refractivity contribution in [3.8, 4) is 6.07 Å². The van der Waals surface area contributed by atoms with Crippen molar-refractivity contribution in [3.63, 3.8) is 0 Å². The van der Waals surface area contributed by atoms with E-state index in [4.69, 9.17) is 22.6 Å². The minimum Gasteiger partial charge on any atom is -0.398 e. The summed E-state index contributed by atoms with van der Waals surface area (Å²) in [6.07, 6.45) is 0.306. The molecule has 0 unspecified atom stereocenters. The van der Waals surface area contributed by atoms with Crippen molar-refractivity contribution >= 4 is 23.2 Å². The van der Waals surface area contributed by atoms with E-state index in [2.05, 4.69) is 0 Å². The van der Waals surface area contributed by atoms with Crippen LogP contribution in [-0.2, 0) is 0 Å². The molecule has 0 radical (unpaired) electrons. The van der Waals surface area contributed by atoms with Crippen LogP contribution in [0.1, 0.15) is 23.7 Å². The Morgan fingerprint density at radius 3 is 2.88 bits per heavy atom. The molecule has 0 aliphatic rings. The van der Waals surface area contributed by atoms with Gasteiger partial charge in [0, 0.05) is 23.8 Å². The van der Waals surface area contributed by atoms with Crippen molar-refractivity contribution < 1.29 is 4.79 Å². The maximum Gasteiger partial charge on any atom is 0.256 e. The van der Waals surface area contributed by atoms with Gasteiger partial charge in [0.05, 0.1) is 18.1 Å². The fourth-order valence-electron chi connectivity index (χ4n) is 1.47. The SMILES string of the molecule is CCN(CCC#N)C(=O)c1cc(Cl)ccc1N. The number of rotatable bonds is 4. The molecule has 0 saturated heterocycles. The minimum absolute atomic E-state index is 0.192. The van der Waals surface area contributed by atoms with Crippen LogP contribution in [0.25, 0.3) is 0 Å². The summed E-state index contributed by atoms with van der Waals surface area (Å²) in [6, 6.07) is 6.81. The van der Waals surface area contributed by atoms with E-state index in [1.807, 2.05) is 13.0 Å². The summed E-state index contributed by atoms with van der Waals surface area (Å²) in [7, 11) is 0. The molecule has 0 aliphatic heterocycles. The molecule has 0 spiro atoms. The molecule has 17 heavy (non-hydrogen) atoms. The summed E-state index contributed by atoms with van der Waals surface area (Å²) < 4.78 is 0. The van der Waals surface area contributed by atoms with Gasteiger partial charge < -0.3 is 10.6 Å². The number of hydrogen-bond acceptors (Lipinski definition) is 3. The highest BCUT2D eigenvalue weighted by Crippen LogP contribution is 2.19. The molecule has 0 aliphatic carbocycles. The van der Waals surface area contributed by atoms with Gasteiger partial charge in [-0.1, -0.05) is 11.6 Å². The Kier molecular flexibility index (Phi) is 4.80. The van der Waals surface area contributed by atoms with Crippen LogP contribution < -0.4 is 5.73 Å². The van der Waals surface area contributed by atoms with Gasteiger partial charge in [-0.15, -0.1) is 0 Å². The number of carbonyl (C=O) groups excluding carboxylic acids is 1. The van der Waals surface area contributed by atoms with E-state index in [-0.39, 0.29) is 5.91 Å². The quantitative estimate of drug-likeness (QED) is 0.835. The Bertz CT molecular complexity index is 454. The highest BCUT2D eigenvalue weighted by molar-refractivity contribution is 6.31. The molecule has 90 valence electrons. The Labute approximate surface area is 106 Å². The smallest absolute Gasteiger partial charge is 0.256 e. The highest BCUT2D eigenvalue weighted by Gasteiger charge is 2.16. The third-order valence-corrected chi connectivity index (χ3v) is 2.64. The lowest BCUT2D eigenvalue weighted by molar-refractivity contribution is 0.0769. The predicted molar refractivity (Wildman–Crippen MR) is 67.7 cm³/mol. The van der Waals surface area contributed by atoms with Crippen LogP contribution in [0, 0.1) is 11.3 Å². The number of nitrogens with two attached hydrogens (primary N) is 1. The van der Waals surface area contributed by atoms with Gasteiger partial charge in [0.2, 0.25) is 0 Å². The van der Waals surface area contributed by atoms with Crippen LogP contribution >= 0.6 is 11.6 Å². The number of nitrogen functional groups attached to an aromatic ring is 1. The molecule has 1 aromatic rings. The standard InChI is InChI=1S/C12H14ClN3O/c1-2-16(7-3-6-14)12(17)10-8-9(13)4-5-11(10)15/h4-5,8H,2-3,7,15H2,1H3. The predicted octanol–water partition coefficient (Wildman–Crippen LogP) is 2.30. The number of nitrogens with zero attached hydrogens (tertiary/aromatic N) is 2. The van der Waals surface area contributed by atoms with Crippen LogP contribution in [0.3, 0.4) is 0 Å². The summed E-state index contributed by atoms with van der Waals surface area (Å²) in [5.41, 5.74) is 6.52. The monoisotopic (exact) mass is 251 g/mol. The van der Waals surface area contributed by atoms with Crippen molar-refractivity contribution in [2.45, 2.75) is 13.3 Å². The first-order chi connectivity index (χ1) is 8.10. The summed E-state index contributed by atoms with van der Waals surface area (Å²) in [6.45, 7) is 2.79. The maximum atomic E-state index is 12.1. The van der Waals surface area contributed by atoms with Crippen LogP contribution in [0.2, 0.25) is 5.02 Å². The Balaban J connectivity index is 2.94. The lowest BCUT2D eigenvalue weighted by Crippen LogP contribution is -2.32. The van der Waals surface area contributed by atoms with E-state index in [1.165, 1.54) is 0 Å². The summed E-state index contributed by atoms with van der Waals surface area (Å²) >= 11 is 5.83. The van der Waals surface area contributed by atoms with Crippen LogP contribution in [-0.4, -0.2) is 23.9 Å². The average Bonchev–Trinajstić information content (AvgIpc) is 2.33. The molecule has 0 saturated carbocycles. The fraction of sp³-hybridized carbons (Fsp3) is 0.333. The topological polar surface area (TPSA) is 70.1 Å². The van der Waals surface area contributed by atoms with Crippen molar-refractivity contribution in [2.75, 3.05) is 18.8 Å². The Hall–Kier alpha value is -1.73. The zero-order valence-corrected chi connectivity index (χ0v) is 10.4. The Morgan fingerprint density at radius 2 is 2.29 bits per heavy atom. The van der Waals surface area contributed by atoms with E-state index < -0.39 is 0 Å². The number of halogens is 1. The average molecular weight is 252 g/mol. The number of hydrogen-bond donors (Lipinski definition) is 1. The number of nitriles is 1. The largest absolute Gasteiger partial charge is 0.398 e. The second kappa shape index (κ2) is 6.12. The second-order valence-electron chi connectivity index (χ2n) is 3.52. The molecule has 1 aromatic carbocycles. The first-order valence-electron chi connectivity index (χ1n) is 5.31. The number of carbonyl (C=O) groups is 1. The van der Waals surface area contributed by atoms with Crippen molar-refractivity contribution in [3.05, 3.63) is 28.8 Å². The number of anilines is 1.